The molecule has 1 saturated heterocycles. The van der Waals surface area contributed by atoms with Crippen molar-refractivity contribution in [3.63, 3.8) is 0 Å². The zero-order chi connectivity index (χ0) is 18.0. The average molecular weight is 405 g/mol. The van der Waals surface area contributed by atoms with Crippen LogP contribution in [0.5, 0.6) is 5.75 Å². The fourth-order valence-electron chi connectivity index (χ4n) is 3.22. The maximum Gasteiger partial charge on any atom is 0.347 e. The lowest BCUT2D eigenvalue weighted by Gasteiger charge is -2.30. The van der Waals surface area contributed by atoms with Crippen molar-refractivity contribution in [2.24, 2.45) is 5.92 Å². The average Bonchev–Trinajstić information content (AvgIpc) is 3.00. The van der Waals surface area contributed by atoms with E-state index in [1.54, 1.807) is 19.1 Å². The first-order valence-electron chi connectivity index (χ1n) is 8.60. The highest BCUT2D eigenvalue weighted by Gasteiger charge is 2.32. The number of rotatable bonds is 5. The van der Waals surface area contributed by atoms with E-state index in [1.165, 1.54) is 6.07 Å². The van der Waals surface area contributed by atoms with Gasteiger partial charge < -0.3 is 14.8 Å². The van der Waals surface area contributed by atoms with E-state index in [9.17, 15) is 13.2 Å². The molecule has 0 radical (unpaired) electrons. The summed E-state index contributed by atoms with van der Waals surface area (Å²) in [6, 6.07) is 4.63. The van der Waals surface area contributed by atoms with Gasteiger partial charge in [0.1, 0.15) is 5.75 Å². The van der Waals surface area contributed by atoms with E-state index in [1.807, 2.05) is 6.92 Å². The molecule has 2 N–H and O–H groups in total. The third-order valence-corrected chi connectivity index (χ3v) is 6.15. The topological polar surface area (TPSA) is 93.7 Å². The fourth-order valence-corrected chi connectivity index (χ4v) is 4.64. The van der Waals surface area contributed by atoms with Gasteiger partial charge >= 0.3 is 5.97 Å². The third kappa shape index (κ3) is 4.49. The van der Waals surface area contributed by atoms with E-state index in [0.717, 1.165) is 19.5 Å². The van der Waals surface area contributed by atoms with Crippen molar-refractivity contribution in [2.45, 2.75) is 43.7 Å². The van der Waals surface area contributed by atoms with Crippen LogP contribution in [0.2, 0.25) is 0 Å². The Kier molecular flexibility index (Phi) is 6.90. The van der Waals surface area contributed by atoms with Gasteiger partial charge in [0.15, 0.2) is 6.10 Å². The molecule has 1 aromatic carbocycles. The molecule has 0 spiro atoms. The summed E-state index contributed by atoms with van der Waals surface area (Å²) in [4.78, 5) is 12.0. The Labute approximate surface area is 160 Å². The standard InChI is InChI=1S/C17H24N2O5S.ClH/c1-3-23-17(20)16-9-12-8-13(4-5-15(12)24-16)25(21,22)19-14-6-7-18-10-11(14)2;/h4-5,8,11,14,16,18-19H,3,6-7,9-10H2,1-2H3;1H. The van der Waals surface area contributed by atoms with Crippen molar-refractivity contribution < 1.29 is 22.7 Å². The molecule has 9 heteroatoms. The Balaban J connectivity index is 0.00000243. The van der Waals surface area contributed by atoms with Crippen molar-refractivity contribution in [1.29, 1.82) is 0 Å². The lowest BCUT2D eigenvalue weighted by molar-refractivity contribution is -0.150. The van der Waals surface area contributed by atoms with Crippen molar-refractivity contribution >= 4 is 28.4 Å². The minimum absolute atomic E-state index is 0. The highest BCUT2D eigenvalue weighted by atomic mass is 35.5. The van der Waals surface area contributed by atoms with Crippen LogP contribution in [0.4, 0.5) is 0 Å². The first kappa shape index (κ1) is 21.0. The fraction of sp³-hybridized carbons (Fsp3) is 0.588. The van der Waals surface area contributed by atoms with Gasteiger partial charge in [-0.3, -0.25) is 0 Å². The second-order valence-electron chi connectivity index (χ2n) is 6.53. The van der Waals surface area contributed by atoms with Crippen LogP contribution in [0.1, 0.15) is 25.8 Å². The number of fused-ring (bicyclic) bond motifs is 1. The summed E-state index contributed by atoms with van der Waals surface area (Å²) < 4.78 is 38.7. The number of carbonyl (C=O) groups excluding carboxylic acids is 1. The quantitative estimate of drug-likeness (QED) is 0.717. The first-order chi connectivity index (χ1) is 11.9. The highest BCUT2D eigenvalue weighted by molar-refractivity contribution is 7.89. The normalized spacial score (nSPS) is 24.9. The number of carbonyl (C=O) groups is 1. The predicted octanol–water partition coefficient (Wildman–Crippen LogP) is 1.25. The maximum atomic E-state index is 12.7. The van der Waals surface area contributed by atoms with E-state index in [2.05, 4.69) is 10.0 Å². The SMILES string of the molecule is CCOC(=O)C1Cc2cc(S(=O)(=O)NC3CCNCC3C)ccc2O1.Cl. The molecule has 146 valence electrons. The van der Waals surface area contributed by atoms with Crippen molar-refractivity contribution in [3.8, 4) is 5.75 Å². The summed E-state index contributed by atoms with van der Waals surface area (Å²) >= 11 is 0. The summed E-state index contributed by atoms with van der Waals surface area (Å²) in [6.45, 7) is 5.65. The molecule has 2 heterocycles. The minimum Gasteiger partial charge on any atom is -0.478 e. The maximum absolute atomic E-state index is 12.7. The lowest BCUT2D eigenvalue weighted by Crippen LogP contribution is -2.48. The molecule has 0 aliphatic carbocycles. The Morgan fingerprint density at radius 2 is 2.19 bits per heavy atom. The molecule has 26 heavy (non-hydrogen) atoms. The van der Waals surface area contributed by atoms with Crippen LogP contribution in [0.25, 0.3) is 0 Å². The second kappa shape index (κ2) is 8.56. The number of benzene rings is 1. The van der Waals surface area contributed by atoms with E-state index in [0.29, 0.717) is 17.7 Å². The number of piperidine rings is 1. The zero-order valence-electron chi connectivity index (χ0n) is 14.9. The molecule has 2 aliphatic heterocycles. The van der Waals surface area contributed by atoms with E-state index >= 15 is 0 Å². The monoisotopic (exact) mass is 404 g/mol. The zero-order valence-corrected chi connectivity index (χ0v) is 16.5. The molecule has 3 atom stereocenters. The van der Waals surface area contributed by atoms with Crippen LogP contribution in [0, 0.1) is 5.92 Å². The van der Waals surface area contributed by atoms with Gasteiger partial charge in [0.25, 0.3) is 0 Å². The molecule has 7 nitrogen and oxygen atoms in total. The van der Waals surface area contributed by atoms with Crippen LogP contribution >= 0.6 is 12.4 Å². The molecule has 3 unspecified atom stereocenters. The number of halogens is 1. The van der Waals surface area contributed by atoms with Crippen molar-refractivity contribution in [1.82, 2.24) is 10.0 Å². The Morgan fingerprint density at radius 1 is 1.42 bits per heavy atom. The molecular formula is C17H25ClN2O5S. The smallest absolute Gasteiger partial charge is 0.347 e. The van der Waals surface area contributed by atoms with Crippen LogP contribution in [0.3, 0.4) is 0 Å². The van der Waals surface area contributed by atoms with Gasteiger partial charge in [0, 0.05) is 12.5 Å². The van der Waals surface area contributed by atoms with Gasteiger partial charge in [0.05, 0.1) is 11.5 Å². The molecule has 1 aromatic rings. The van der Waals surface area contributed by atoms with Gasteiger partial charge in [-0.2, -0.15) is 0 Å². The van der Waals surface area contributed by atoms with Crippen LogP contribution < -0.4 is 14.8 Å². The summed E-state index contributed by atoms with van der Waals surface area (Å²) in [6.07, 6.45) is 0.381. The largest absolute Gasteiger partial charge is 0.478 e. The number of sulfonamides is 1. The summed E-state index contributed by atoms with van der Waals surface area (Å²) in [7, 11) is -3.61. The van der Waals surface area contributed by atoms with Gasteiger partial charge in [0.2, 0.25) is 10.0 Å². The minimum atomic E-state index is -3.61. The van der Waals surface area contributed by atoms with Crippen LogP contribution in [0.15, 0.2) is 23.1 Å². The molecule has 3 rings (SSSR count). The molecular weight excluding hydrogens is 380 g/mol. The number of hydrogen-bond acceptors (Lipinski definition) is 6. The Hall–Kier alpha value is -1.35. The van der Waals surface area contributed by atoms with Gasteiger partial charge in [-0.25, -0.2) is 17.9 Å². The molecule has 0 aromatic heterocycles. The third-order valence-electron chi connectivity index (χ3n) is 4.66. The lowest BCUT2D eigenvalue weighted by atomic mass is 9.97. The highest BCUT2D eigenvalue weighted by Crippen LogP contribution is 2.31. The van der Waals surface area contributed by atoms with E-state index < -0.39 is 22.1 Å². The van der Waals surface area contributed by atoms with Gasteiger partial charge in [-0.05, 0) is 56.1 Å². The predicted molar refractivity (Wildman–Crippen MR) is 99.2 cm³/mol. The number of ether oxygens (including phenoxy) is 2. The van der Waals surface area contributed by atoms with Crippen LogP contribution in [-0.4, -0.2) is 46.2 Å². The van der Waals surface area contributed by atoms with Crippen molar-refractivity contribution in [3.05, 3.63) is 23.8 Å². The van der Waals surface area contributed by atoms with E-state index in [4.69, 9.17) is 9.47 Å². The van der Waals surface area contributed by atoms with Gasteiger partial charge in [-0.1, -0.05) is 6.92 Å². The molecule has 2 aliphatic rings. The first-order valence-corrected chi connectivity index (χ1v) is 10.1. The molecule has 0 bridgehead atoms. The molecule has 0 amide bonds. The second-order valence-corrected chi connectivity index (χ2v) is 8.24. The molecule has 0 saturated carbocycles. The summed E-state index contributed by atoms with van der Waals surface area (Å²) in [5.41, 5.74) is 0.708. The number of hydrogen-bond donors (Lipinski definition) is 2. The van der Waals surface area contributed by atoms with E-state index in [-0.39, 0.29) is 35.9 Å². The number of esters is 1. The Morgan fingerprint density at radius 3 is 2.88 bits per heavy atom. The summed E-state index contributed by atoms with van der Waals surface area (Å²) in [5, 5.41) is 3.25. The summed E-state index contributed by atoms with van der Waals surface area (Å²) in [5.74, 6) is 0.339. The molecule has 1 fully saturated rings. The van der Waals surface area contributed by atoms with Gasteiger partial charge in [-0.15, -0.1) is 12.4 Å². The van der Waals surface area contributed by atoms with Crippen molar-refractivity contribution in [2.75, 3.05) is 19.7 Å². The Bertz CT molecular complexity index is 756. The van der Waals surface area contributed by atoms with Crippen LogP contribution in [-0.2, 0) is 26.0 Å². The number of nitrogens with one attached hydrogen (secondary N) is 2.